The molecule has 2 aromatic rings. The molecule has 4 rings (SSSR count). The lowest BCUT2D eigenvalue weighted by molar-refractivity contribution is -0.139. The highest BCUT2D eigenvalue weighted by Gasteiger charge is 2.31. The highest BCUT2D eigenvalue weighted by Crippen LogP contribution is 2.31. The molecular weight excluding hydrogens is 336 g/mol. The van der Waals surface area contributed by atoms with Crippen LogP contribution in [0.1, 0.15) is 30.3 Å². The Morgan fingerprint density at radius 3 is 2.96 bits per heavy atom. The summed E-state index contributed by atoms with van der Waals surface area (Å²) in [6.07, 6.45) is 4.51. The van der Waals surface area contributed by atoms with Gasteiger partial charge in [0.25, 0.3) is 0 Å². The normalized spacial score (nSPS) is 20.9. The van der Waals surface area contributed by atoms with Crippen LogP contribution in [0.15, 0.2) is 29.8 Å². The summed E-state index contributed by atoms with van der Waals surface area (Å²) in [4.78, 5) is 26.1. The lowest BCUT2D eigenvalue weighted by Crippen LogP contribution is -2.44. The molecule has 0 N–H and O–H groups in total. The van der Waals surface area contributed by atoms with Gasteiger partial charge in [-0.3, -0.25) is 9.78 Å². The van der Waals surface area contributed by atoms with E-state index in [2.05, 4.69) is 15.3 Å². The van der Waals surface area contributed by atoms with Crippen LogP contribution < -0.4 is 4.90 Å². The van der Waals surface area contributed by atoms with Crippen LogP contribution in [0.2, 0.25) is 0 Å². The SMILES string of the molecule is O=C(Cc1ccccn1)N1CCOC[C@H]1c1csc(N2CCCC2)n1. The average molecular weight is 358 g/mol. The van der Waals surface area contributed by atoms with Gasteiger partial charge in [-0.15, -0.1) is 11.3 Å². The van der Waals surface area contributed by atoms with E-state index < -0.39 is 0 Å². The molecule has 2 aliphatic rings. The van der Waals surface area contributed by atoms with E-state index in [1.54, 1.807) is 17.5 Å². The Labute approximate surface area is 151 Å². The molecule has 7 heteroatoms. The summed E-state index contributed by atoms with van der Waals surface area (Å²) < 4.78 is 5.64. The first kappa shape index (κ1) is 16.5. The summed E-state index contributed by atoms with van der Waals surface area (Å²) in [5.74, 6) is 0.0859. The van der Waals surface area contributed by atoms with Gasteiger partial charge in [0.2, 0.25) is 5.91 Å². The number of hydrogen-bond acceptors (Lipinski definition) is 6. The third kappa shape index (κ3) is 3.67. The predicted octanol–water partition coefficient (Wildman–Crippen LogP) is 2.28. The predicted molar refractivity (Wildman–Crippen MR) is 96.8 cm³/mol. The van der Waals surface area contributed by atoms with Crippen LogP contribution in [0.3, 0.4) is 0 Å². The zero-order valence-electron chi connectivity index (χ0n) is 14.1. The smallest absolute Gasteiger partial charge is 0.229 e. The van der Waals surface area contributed by atoms with E-state index in [4.69, 9.17) is 9.72 Å². The molecule has 2 fully saturated rings. The highest BCUT2D eigenvalue weighted by molar-refractivity contribution is 7.13. The fraction of sp³-hybridized carbons (Fsp3) is 0.500. The first-order valence-corrected chi connectivity index (χ1v) is 9.67. The second-order valence-electron chi connectivity index (χ2n) is 6.42. The number of aromatic nitrogens is 2. The molecule has 0 aromatic carbocycles. The molecule has 6 nitrogen and oxygen atoms in total. The number of morpholine rings is 1. The summed E-state index contributed by atoms with van der Waals surface area (Å²) in [6, 6.07) is 5.56. The summed E-state index contributed by atoms with van der Waals surface area (Å²) >= 11 is 1.67. The fourth-order valence-electron chi connectivity index (χ4n) is 3.39. The van der Waals surface area contributed by atoms with Crippen molar-refractivity contribution in [1.82, 2.24) is 14.9 Å². The Morgan fingerprint density at radius 1 is 1.28 bits per heavy atom. The number of nitrogens with zero attached hydrogens (tertiary/aromatic N) is 4. The van der Waals surface area contributed by atoms with Crippen molar-refractivity contribution in [2.75, 3.05) is 37.7 Å². The van der Waals surface area contributed by atoms with Crippen LogP contribution in [0.25, 0.3) is 0 Å². The van der Waals surface area contributed by atoms with Gasteiger partial charge >= 0.3 is 0 Å². The molecule has 0 aliphatic carbocycles. The lowest BCUT2D eigenvalue weighted by Gasteiger charge is -2.34. The molecule has 132 valence electrons. The lowest BCUT2D eigenvalue weighted by atomic mass is 10.1. The van der Waals surface area contributed by atoms with Gasteiger partial charge in [0, 0.05) is 36.9 Å². The van der Waals surface area contributed by atoms with Crippen molar-refractivity contribution in [2.24, 2.45) is 0 Å². The molecule has 4 heterocycles. The standard InChI is InChI=1S/C18H22N4O2S/c23-17(11-14-5-1-2-6-19-14)22-9-10-24-12-16(22)15-13-25-18(20-15)21-7-3-4-8-21/h1-2,5-6,13,16H,3-4,7-12H2/t16-/m0/s1. The van der Waals surface area contributed by atoms with Crippen molar-refractivity contribution in [1.29, 1.82) is 0 Å². The number of ether oxygens (including phenoxy) is 1. The molecule has 0 saturated carbocycles. The number of amides is 1. The van der Waals surface area contributed by atoms with Gasteiger partial charge in [-0.2, -0.15) is 0 Å². The highest BCUT2D eigenvalue weighted by atomic mass is 32.1. The van der Waals surface area contributed by atoms with Gasteiger partial charge in [0.15, 0.2) is 5.13 Å². The molecule has 0 spiro atoms. The van der Waals surface area contributed by atoms with Gasteiger partial charge in [-0.05, 0) is 25.0 Å². The second kappa shape index (κ2) is 7.49. The monoisotopic (exact) mass is 358 g/mol. The molecule has 2 aliphatic heterocycles. The maximum absolute atomic E-state index is 12.8. The molecule has 2 aromatic heterocycles. The number of pyridine rings is 1. The van der Waals surface area contributed by atoms with Crippen molar-refractivity contribution < 1.29 is 9.53 Å². The van der Waals surface area contributed by atoms with Crippen molar-refractivity contribution in [3.63, 3.8) is 0 Å². The Kier molecular flexibility index (Phi) is 4.94. The zero-order chi connectivity index (χ0) is 17.1. The minimum atomic E-state index is -0.0995. The Balaban J connectivity index is 1.49. The molecule has 0 unspecified atom stereocenters. The quantitative estimate of drug-likeness (QED) is 0.839. The number of carbonyl (C=O) groups excluding carboxylic acids is 1. The van der Waals surface area contributed by atoms with Crippen molar-refractivity contribution in [3.05, 3.63) is 41.2 Å². The molecule has 0 radical (unpaired) electrons. The Hall–Kier alpha value is -1.99. The Morgan fingerprint density at radius 2 is 2.16 bits per heavy atom. The van der Waals surface area contributed by atoms with E-state index in [1.807, 2.05) is 23.1 Å². The maximum atomic E-state index is 12.8. The summed E-state index contributed by atoms with van der Waals surface area (Å²) in [7, 11) is 0. The van der Waals surface area contributed by atoms with Gasteiger partial charge in [-0.1, -0.05) is 6.07 Å². The molecular formula is C18H22N4O2S. The van der Waals surface area contributed by atoms with E-state index in [0.717, 1.165) is 29.6 Å². The number of carbonyl (C=O) groups is 1. The number of anilines is 1. The van der Waals surface area contributed by atoms with E-state index in [1.165, 1.54) is 12.8 Å². The van der Waals surface area contributed by atoms with Crippen LogP contribution in [-0.4, -0.2) is 53.6 Å². The van der Waals surface area contributed by atoms with E-state index >= 15 is 0 Å². The van der Waals surface area contributed by atoms with Crippen molar-refractivity contribution in [3.8, 4) is 0 Å². The zero-order valence-corrected chi connectivity index (χ0v) is 15.0. The van der Waals surface area contributed by atoms with Gasteiger partial charge in [-0.25, -0.2) is 4.98 Å². The third-order valence-electron chi connectivity index (χ3n) is 4.74. The van der Waals surface area contributed by atoms with Crippen LogP contribution in [0.5, 0.6) is 0 Å². The largest absolute Gasteiger partial charge is 0.377 e. The number of rotatable bonds is 4. The van der Waals surface area contributed by atoms with Crippen molar-refractivity contribution in [2.45, 2.75) is 25.3 Å². The molecule has 0 bridgehead atoms. The maximum Gasteiger partial charge on any atom is 0.229 e. The van der Waals surface area contributed by atoms with Crippen LogP contribution in [-0.2, 0) is 16.0 Å². The Bertz CT molecular complexity index is 715. The first-order valence-electron chi connectivity index (χ1n) is 8.79. The van der Waals surface area contributed by atoms with Crippen molar-refractivity contribution >= 4 is 22.4 Å². The van der Waals surface area contributed by atoms with Crippen LogP contribution in [0.4, 0.5) is 5.13 Å². The minimum Gasteiger partial charge on any atom is -0.377 e. The minimum absolute atomic E-state index is 0.0859. The molecule has 2 saturated heterocycles. The van der Waals surface area contributed by atoms with Crippen LogP contribution >= 0.6 is 11.3 Å². The van der Waals surface area contributed by atoms with Crippen LogP contribution in [0, 0.1) is 0 Å². The van der Waals surface area contributed by atoms with Gasteiger partial charge < -0.3 is 14.5 Å². The third-order valence-corrected chi connectivity index (χ3v) is 5.65. The molecule has 25 heavy (non-hydrogen) atoms. The van der Waals surface area contributed by atoms with E-state index in [-0.39, 0.29) is 11.9 Å². The summed E-state index contributed by atoms with van der Waals surface area (Å²) in [5, 5.41) is 3.14. The molecule has 1 amide bonds. The van der Waals surface area contributed by atoms with Gasteiger partial charge in [0.05, 0.1) is 31.4 Å². The molecule has 1 atom stereocenters. The van der Waals surface area contributed by atoms with E-state index in [0.29, 0.717) is 26.2 Å². The summed E-state index contributed by atoms with van der Waals surface area (Å²) in [5.41, 5.74) is 1.75. The topological polar surface area (TPSA) is 58.6 Å². The second-order valence-corrected chi connectivity index (χ2v) is 7.26. The average Bonchev–Trinajstić information content (AvgIpc) is 3.34. The van der Waals surface area contributed by atoms with E-state index in [9.17, 15) is 4.79 Å². The first-order chi connectivity index (χ1) is 12.3. The number of thiazole rings is 1. The van der Waals surface area contributed by atoms with Gasteiger partial charge in [0.1, 0.15) is 0 Å². The fourth-order valence-corrected chi connectivity index (χ4v) is 4.32. The summed E-state index contributed by atoms with van der Waals surface area (Å²) in [6.45, 7) is 3.85. The number of hydrogen-bond donors (Lipinski definition) is 0.